The molecular weight excluding hydrogens is 300 g/mol. The summed E-state index contributed by atoms with van der Waals surface area (Å²) in [7, 11) is 0. The van der Waals surface area contributed by atoms with E-state index in [0.29, 0.717) is 18.1 Å². The molecule has 1 amide bonds. The van der Waals surface area contributed by atoms with Crippen molar-refractivity contribution in [2.75, 3.05) is 13.1 Å². The van der Waals surface area contributed by atoms with Crippen molar-refractivity contribution in [1.82, 2.24) is 4.90 Å². The van der Waals surface area contributed by atoms with Gasteiger partial charge >= 0.3 is 0 Å². The molecule has 1 aliphatic heterocycles. The Kier molecular flexibility index (Phi) is 5.74. The molecule has 1 aromatic carbocycles. The highest BCUT2D eigenvalue weighted by Crippen LogP contribution is 2.15. The first-order valence-corrected chi connectivity index (χ1v) is 7.65. The highest BCUT2D eigenvalue weighted by Gasteiger charge is 2.29. The summed E-state index contributed by atoms with van der Waals surface area (Å²) in [5.74, 6) is -2.13. The number of hydrogen-bond acceptors (Lipinski definition) is 3. The van der Waals surface area contributed by atoms with Crippen LogP contribution < -0.4 is 0 Å². The summed E-state index contributed by atoms with van der Waals surface area (Å²) in [5, 5.41) is 9.73. The molecule has 1 heterocycles. The molecule has 5 heteroatoms. The molecule has 0 saturated carbocycles. The van der Waals surface area contributed by atoms with E-state index in [4.69, 9.17) is 16.9 Å². The summed E-state index contributed by atoms with van der Waals surface area (Å²) in [6.07, 6.45) is 5.79. The van der Waals surface area contributed by atoms with Gasteiger partial charge in [0.2, 0.25) is 5.91 Å². The second-order valence-corrected chi connectivity index (χ2v) is 5.68. The van der Waals surface area contributed by atoms with E-state index >= 15 is 0 Å². The monoisotopic (exact) mass is 316 g/mol. The van der Waals surface area contributed by atoms with Gasteiger partial charge in [-0.25, -0.2) is 0 Å². The SMILES string of the molecule is N#C[C@H](C(=O)/C=C\c1cccc(Cl)c1)C(=O)N1CCCCC1. The highest BCUT2D eigenvalue weighted by molar-refractivity contribution is 6.30. The summed E-state index contributed by atoms with van der Waals surface area (Å²) in [5.41, 5.74) is 0.753. The maximum atomic E-state index is 12.3. The van der Waals surface area contributed by atoms with Crippen molar-refractivity contribution in [2.24, 2.45) is 5.92 Å². The summed E-state index contributed by atoms with van der Waals surface area (Å²) in [4.78, 5) is 26.0. The first kappa shape index (κ1) is 16.3. The van der Waals surface area contributed by atoms with Crippen molar-refractivity contribution in [1.29, 1.82) is 5.26 Å². The third-order valence-electron chi connectivity index (χ3n) is 3.62. The summed E-state index contributed by atoms with van der Waals surface area (Å²) >= 11 is 5.87. The standard InChI is InChI=1S/C17H17ClN2O2/c18-14-6-4-5-13(11-14)7-8-16(21)15(12-19)17(22)20-9-2-1-3-10-20/h4-8,11,15H,1-3,9-10H2/b8-7-/t15-/m1/s1. The topological polar surface area (TPSA) is 61.2 Å². The van der Waals surface area contributed by atoms with E-state index in [2.05, 4.69) is 0 Å². The van der Waals surface area contributed by atoms with Crippen molar-refractivity contribution in [3.63, 3.8) is 0 Å². The molecule has 2 rings (SSSR count). The maximum absolute atomic E-state index is 12.3. The molecule has 1 saturated heterocycles. The van der Waals surface area contributed by atoms with Gasteiger partial charge in [-0.3, -0.25) is 9.59 Å². The molecule has 22 heavy (non-hydrogen) atoms. The molecule has 0 N–H and O–H groups in total. The fraction of sp³-hybridized carbons (Fsp3) is 0.353. The van der Waals surface area contributed by atoms with Crippen molar-refractivity contribution in [2.45, 2.75) is 19.3 Å². The van der Waals surface area contributed by atoms with Crippen LogP contribution in [0.3, 0.4) is 0 Å². The van der Waals surface area contributed by atoms with E-state index in [1.165, 1.54) is 6.08 Å². The van der Waals surface area contributed by atoms with Gasteiger partial charge in [0.1, 0.15) is 0 Å². The summed E-state index contributed by atoms with van der Waals surface area (Å²) in [6, 6.07) is 8.84. The fourth-order valence-electron chi connectivity index (χ4n) is 2.42. The second-order valence-electron chi connectivity index (χ2n) is 5.24. The van der Waals surface area contributed by atoms with Crippen molar-refractivity contribution in [3.05, 3.63) is 40.9 Å². The largest absolute Gasteiger partial charge is 0.341 e. The quantitative estimate of drug-likeness (QED) is 0.633. The van der Waals surface area contributed by atoms with Gasteiger partial charge in [0.15, 0.2) is 11.7 Å². The van der Waals surface area contributed by atoms with Crippen molar-refractivity contribution < 1.29 is 9.59 Å². The number of nitriles is 1. The van der Waals surface area contributed by atoms with E-state index < -0.39 is 11.7 Å². The van der Waals surface area contributed by atoms with Crippen LogP contribution in [-0.2, 0) is 9.59 Å². The van der Waals surface area contributed by atoms with Crippen LogP contribution in [0.5, 0.6) is 0 Å². The minimum absolute atomic E-state index is 0.386. The van der Waals surface area contributed by atoms with Gasteiger partial charge in [0.25, 0.3) is 0 Å². The van der Waals surface area contributed by atoms with Crippen molar-refractivity contribution >= 4 is 29.4 Å². The lowest BCUT2D eigenvalue weighted by atomic mass is 10.0. The normalized spacial score (nSPS) is 16.3. The van der Waals surface area contributed by atoms with Crippen LogP contribution in [0.2, 0.25) is 5.02 Å². The van der Waals surface area contributed by atoms with Gasteiger partial charge in [-0.15, -0.1) is 0 Å². The molecule has 114 valence electrons. The molecule has 0 aromatic heterocycles. The number of piperidine rings is 1. The predicted molar refractivity (Wildman–Crippen MR) is 85.0 cm³/mol. The molecule has 1 aromatic rings. The number of nitrogens with zero attached hydrogens (tertiary/aromatic N) is 2. The second kappa shape index (κ2) is 7.77. The number of rotatable bonds is 4. The summed E-state index contributed by atoms with van der Waals surface area (Å²) < 4.78 is 0. The zero-order valence-corrected chi connectivity index (χ0v) is 12.9. The number of hydrogen-bond donors (Lipinski definition) is 0. The number of likely N-dealkylation sites (tertiary alicyclic amines) is 1. The van der Waals surface area contributed by atoms with Crippen LogP contribution in [0, 0.1) is 17.2 Å². The van der Waals surface area contributed by atoms with Crippen LogP contribution in [0.4, 0.5) is 0 Å². The highest BCUT2D eigenvalue weighted by atomic mass is 35.5. The Bertz CT molecular complexity index is 628. The molecule has 4 nitrogen and oxygen atoms in total. The Balaban J connectivity index is 2.05. The van der Waals surface area contributed by atoms with Crippen molar-refractivity contribution in [3.8, 4) is 6.07 Å². The van der Waals surface area contributed by atoms with Crippen LogP contribution >= 0.6 is 11.6 Å². The number of amides is 1. The molecule has 0 unspecified atom stereocenters. The van der Waals surface area contributed by atoms with Crippen LogP contribution in [-0.4, -0.2) is 29.7 Å². The van der Waals surface area contributed by atoms with Gasteiger partial charge < -0.3 is 4.90 Å². The number of carbonyl (C=O) groups is 2. The van der Waals surface area contributed by atoms with E-state index in [-0.39, 0.29) is 5.91 Å². The lowest BCUT2D eigenvalue weighted by Gasteiger charge is -2.27. The molecule has 0 radical (unpaired) electrons. The lowest BCUT2D eigenvalue weighted by molar-refractivity contribution is -0.138. The molecular formula is C17H17ClN2O2. The van der Waals surface area contributed by atoms with E-state index in [0.717, 1.165) is 24.8 Å². The third kappa shape index (κ3) is 4.19. The minimum Gasteiger partial charge on any atom is -0.341 e. The van der Waals surface area contributed by atoms with Crippen LogP contribution in [0.15, 0.2) is 30.3 Å². The number of carbonyl (C=O) groups excluding carboxylic acids is 2. The Hall–Kier alpha value is -2.12. The van der Waals surface area contributed by atoms with E-state index in [1.807, 2.05) is 6.07 Å². The Morgan fingerprint density at radius 2 is 2.00 bits per heavy atom. The molecule has 1 atom stereocenters. The average Bonchev–Trinajstić information content (AvgIpc) is 2.54. The molecule has 1 fully saturated rings. The van der Waals surface area contributed by atoms with Gasteiger partial charge in [-0.1, -0.05) is 29.8 Å². The van der Waals surface area contributed by atoms with Gasteiger partial charge in [0.05, 0.1) is 6.07 Å². The number of benzene rings is 1. The fourth-order valence-corrected chi connectivity index (χ4v) is 2.62. The summed E-state index contributed by atoms with van der Waals surface area (Å²) in [6.45, 7) is 1.25. The van der Waals surface area contributed by atoms with Crippen LogP contribution in [0.1, 0.15) is 24.8 Å². The van der Waals surface area contributed by atoms with Crippen LogP contribution in [0.25, 0.3) is 6.08 Å². The van der Waals surface area contributed by atoms with Gasteiger partial charge in [0, 0.05) is 18.1 Å². The molecule has 1 aliphatic rings. The predicted octanol–water partition coefficient (Wildman–Crippen LogP) is 3.07. The lowest BCUT2D eigenvalue weighted by Crippen LogP contribution is -2.41. The molecule has 0 aliphatic carbocycles. The molecule has 0 spiro atoms. The Labute approximate surface area is 135 Å². The average molecular weight is 317 g/mol. The maximum Gasteiger partial charge on any atom is 0.247 e. The smallest absolute Gasteiger partial charge is 0.247 e. The first-order chi connectivity index (χ1) is 10.6. The first-order valence-electron chi connectivity index (χ1n) is 7.27. The van der Waals surface area contributed by atoms with Gasteiger partial charge in [-0.2, -0.15) is 5.26 Å². The number of halogens is 1. The zero-order valence-electron chi connectivity index (χ0n) is 12.2. The Morgan fingerprint density at radius 3 is 2.64 bits per heavy atom. The number of ketones is 1. The van der Waals surface area contributed by atoms with Gasteiger partial charge in [-0.05, 0) is 43.0 Å². The van der Waals surface area contributed by atoms with E-state index in [9.17, 15) is 9.59 Å². The third-order valence-corrected chi connectivity index (χ3v) is 3.85. The minimum atomic E-state index is -1.26. The molecule has 0 bridgehead atoms. The zero-order chi connectivity index (χ0) is 15.9. The Morgan fingerprint density at radius 1 is 1.27 bits per heavy atom. The number of allylic oxidation sites excluding steroid dienone is 1. The van der Waals surface area contributed by atoms with E-state index in [1.54, 1.807) is 35.2 Å².